The third-order valence-corrected chi connectivity index (χ3v) is 7.33. The number of aryl methyl sites for hydroxylation is 1. The summed E-state index contributed by atoms with van der Waals surface area (Å²) in [6, 6.07) is 8.11. The van der Waals surface area contributed by atoms with Crippen molar-refractivity contribution in [3.05, 3.63) is 52.0 Å². The summed E-state index contributed by atoms with van der Waals surface area (Å²) in [6.45, 7) is -0.0858. The van der Waals surface area contributed by atoms with E-state index in [1.165, 1.54) is 22.7 Å². The van der Waals surface area contributed by atoms with Crippen molar-refractivity contribution >= 4 is 39.8 Å². The number of alkyl halides is 3. The summed E-state index contributed by atoms with van der Waals surface area (Å²) < 4.78 is 42.2. The van der Waals surface area contributed by atoms with E-state index in [0.29, 0.717) is 16.4 Å². The van der Waals surface area contributed by atoms with Crippen molar-refractivity contribution in [1.82, 2.24) is 14.9 Å². The number of ether oxygens (including phenoxy) is 1. The van der Waals surface area contributed by atoms with E-state index < -0.39 is 30.8 Å². The lowest BCUT2D eigenvalue weighted by molar-refractivity contribution is -0.162. The minimum atomic E-state index is -4.67. The third kappa shape index (κ3) is 5.97. The quantitative estimate of drug-likeness (QED) is 0.488. The van der Waals surface area contributed by atoms with Crippen molar-refractivity contribution in [3.63, 3.8) is 0 Å². The van der Waals surface area contributed by atoms with Gasteiger partial charge < -0.3 is 15.2 Å². The Hall–Kier alpha value is -3.03. The van der Waals surface area contributed by atoms with Crippen molar-refractivity contribution in [2.75, 3.05) is 18.5 Å². The van der Waals surface area contributed by atoms with Crippen LogP contribution in [0.25, 0.3) is 10.6 Å². The van der Waals surface area contributed by atoms with Crippen molar-refractivity contribution in [2.45, 2.75) is 38.1 Å². The molecule has 35 heavy (non-hydrogen) atoms. The molecule has 3 heterocycles. The maximum Gasteiger partial charge on any atom is 0.422 e. The number of carbonyl (C=O) groups is 2. The first-order chi connectivity index (χ1) is 16.6. The molecule has 186 valence electrons. The number of nitrogens with one attached hydrogen (secondary N) is 1. The Morgan fingerprint density at radius 2 is 2.00 bits per heavy atom. The number of halogens is 3. The van der Waals surface area contributed by atoms with Gasteiger partial charge in [-0.05, 0) is 18.9 Å². The molecule has 1 fully saturated rings. The highest BCUT2D eigenvalue weighted by molar-refractivity contribution is 7.17. The van der Waals surface area contributed by atoms with E-state index in [9.17, 15) is 27.9 Å². The molecule has 2 N–H and O–H groups in total. The molecular weight excluding hydrogens is 505 g/mol. The number of hydrogen-bond donors (Lipinski definition) is 2. The third-order valence-electron chi connectivity index (χ3n) is 5.41. The largest absolute Gasteiger partial charge is 0.440 e. The van der Waals surface area contributed by atoms with Crippen molar-refractivity contribution in [3.8, 4) is 10.6 Å². The lowest BCUT2D eigenvalue weighted by Gasteiger charge is -2.23. The maximum absolute atomic E-state index is 13.1. The van der Waals surface area contributed by atoms with Crippen LogP contribution in [0.15, 0.2) is 35.7 Å². The molecule has 2 atom stereocenters. The fraction of sp³-hybridized carbons (Fsp3) is 0.364. The van der Waals surface area contributed by atoms with E-state index in [1.54, 1.807) is 12.3 Å². The Bertz CT molecular complexity index is 1200. The summed E-state index contributed by atoms with van der Waals surface area (Å²) in [5.41, 5.74) is 2.14. The Labute approximate surface area is 206 Å². The number of carbonyl (C=O) groups excluding carboxylic acids is 2. The Balaban J connectivity index is 1.51. The van der Waals surface area contributed by atoms with Gasteiger partial charge in [0.1, 0.15) is 11.0 Å². The predicted molar refractivity (Wildman–Crippen MR) is 124 cm³/mol. The molecule has 1 aliphatic heterocycles. The molecule has 0 bridgehead atoms. The van der Waals surface area contributed by atoms with Gasteiger partial charge in [-0.3, -0.25) is 9.69 Å². The lowest BCUT2D eigenvalue weighted by Crippen LogP contribution is -2.44. The van der Waals surface area contributed by atoms with Crippen molar-refractivity contribution in [2.24, 2.45) is 0 Å². The van der Waals surface area contributed by atoms with Crippen molar-refractivity contribution < 1.29 is 32.6 Å². The standard InChI is InChI=1S/C22H21F3N4O4S2/c1-12-18(35-17(9-30)26-12)15-10-34-20(27-15)28-19(31)16-7-14(13-5-3-2-4-6-13)8-29(16)21(32)33-11-22(23,24)25/h2-6,10,14,16,30H,7-9,11H2,1H3,(H,27,28,31)/t14-,16+/m1/s1. The van der Waals surface area contributed by atoms with Crippen LogP contribution in [0.1, 0.15) is 28.6 Å². The molecule has 0 unspecified atom stereocenters. The van der Waals surface area contributed by atoms with Gasteiger partial charge in [-0.15, -0.1) is 22.7 Å². The van der Waals surface area contributed by atoms with Crippen LogP contribution in [0.5, 0.6) is 0 Å². The highest BCUT2D eigenvalue weighted by atomic mass is 32.1. The molecule has 3 aromatic rings. The molecule has 2 aromatic heterocycles. The second-order valence-electron chi connectivity index (χ2n) is 7.89. The van der Waals surface area contributed by atoms with Gasteiger partial charge in [0.05, 0.1) is 22.9 Å². The van der Waals surface area contributed by atoms with Crippen LogP contribution >= 0.6 is 22.7 Å². The molecule has 0 saturated carbocycles. The Morgan fingerprint density at radius 3 is 2.66 bits per heavy atom. The number of aliphatic hydroxyl groups excluding tert-OH is 1. The number of hydrogen-bond acceptors (Lipinski definition) is 8. The zero-order valence-corrected chi connectivity index (χ0v) is 20.0. The smallest absolute Gasteiger partial charge is 0.422 e. The number of benzene rings is 1. The second kappa shape index (κ2) is 10.3. The van der Waals surface area contributed by atoms with E-state index >= 15 is 0 Å². The number of thiazole rings is 2. The van der Waals surface area contributed by atoms with E-state index in [4.69, 9.17) is 0 Å². The molecular formula is C22H21F3N4O4S2. The summed E-state index contributed by atoms with van der Waals surface area (Å²) in [6.07, 6.45) is -5.64. The molecule has 4 rings (SSSR count). The average molecular weight is 527 g/mol. The molecule has 13 heteroatoms. The topological polar surface area (TPSA) is 105 Å². The van der Waals surface area contributed by atoms with E-state index in [0.717, 1.165) is 15.3 Å². The summed E-state index contributed by atoms with van der Waals surface area (Å²) in [7, 11) is 0. The number of amides is 2. The highest BCUT2D eigenvalue weighted by Crippen LogP contribution is 2.35. The van der Waals surface area contributed by atoms with E-state index in [2.05, 4.69) is 20.0 Å². The normalized spacial score (nSPS) is 18.0. The van der Waals surface area contributed by atoms with Crippen LogP contribution in [-0.2, 0) is 16.1 Å². The number of aromatic nitrogens is 2. The number of nitrogens with zero attached hydrogens (tertiary/aromatic N) is 3. The fourth-order valence-corrected chi connectivity index (χ4v) is 5.53. The minimum absolute atomic E-state index is 0.0475. The van der Waals surface area contributed by atoms with E-state index in [1.807, 2.05) is 30.3 Å². The molecule has 1 aromatic carbocycles. The molecule has 1 aliphatic rings. The first-order valence-corrected chi connectivity index (χ1v) is 12.2. The van der Waals surface area contributed by atoms with Gasteiger partial charge in [0, 0.05) is 17.8 Å². The molecule has 0 aliphatic carbocycles. The van der Waals surface area contributed by atoms with Crippen LogP contribution in [0.3, 0.4) is 0 Å². The van der Waals surface area contributed by atoms with Crippen LogP contribution in [0.4, 0.5) is 23.1 Å². The van der Waals surface area contributed by atoms with Crippen LogP contribution in [0.2, 0.25) is 0 Å². The van der Waals surface area contributed by atoms with Gasteiger partial charge in [-0.1, -0.05) is 30.3 Å². The van der Waals surface area contributed by atoms with Gasteiger partial charge in [0.15, 0.2) is 11.7 Å². The van der Waals surface area contributed by atoms with Crippen LogP contribution < -0.4 is 5.32 Å². The number of rotatable bonds is 6. The molecule has 0 radical (unpaired) electrons. The van der Waals surface area contributed by atoms with Crippen LogP contribution in [0, 0.1) is 6.92 Å². The van der Waals surface area contributed by atoms with Crippen LogP contribution in [-0.4, -0.2) is 57.3 Å². The Kier molecular flexibility index (Phi) is 7.38. The van der Waals surface area contributed by atoms with E-state index in [-0.39, 0.29) is 30.6 Å². The molecule has 0 spiro atoms. The predicted octanol–water partition coefficient (Wildman–Crippen LogP) is 4.56. The number of likely N-dealkylation sites (tertiary alicyclic amines) is 1. The number of anilines is 1. The first-order valence-electron chi connectivity index (χ1n) is 10.5. The highest BCUT2D eigenvalue weighted by Gasteiger charge is 2.42. The maximum atomic E-state index is 13.1. The van der Waals surface area contributed by atoms with Gasteiger partial charge in [-0.25, -0.2) is 14.8 Å². The monoisotopic (exact) mass is 526 g/mol. The van der Waals surface area contributed by atoms with Gasteiger partial charge in [0.2, 0.25) is 5.91 Å². The fourth-order valence-electron chi connectivity index (χ4n) is 3.86. The van der Waals surface area contributed by atoms with Crippen molar-refractivity contribution in [1.29, 1.82) is 0 Å². The van der Waals surface area contributed by atoms with Gasteiger partial charge >= 0.3 is 12.3 Å². The zero-order valence-electron chi connectivity index (χ0n) is 18.4. The Morgan fingerprint density at radius 1 is 1.26 bits per heavy atom. The first kappa shape index (κ1) is 25.1. The minimum Gasteiger partial charge on any atom is -0.440 e. The molecule has 2 amide bonds. The molecule has 1 saturated heterocycles. The summed E-state index contributed by atoms with van der Waals surface area (Å²) in [4.78, 5) is 36.0. The summed E-state index contributed by atoms with van der Waals surface area (Å²) >= 11 is 2.46. The number of aliphatic hydroxyl groups is 1. The SMILES string of the molecule is Cc1nc(CO)sc1-c1csc(NC(=O)[C@@H]2C[C@@H](c3ccccc3)CN2C(=O)OCC(F)(F)F)n1. The summed E-state index contributed by atoms with van der Waals surface area (Å²) in [5.74, 6) is -0.806. The lowest BCUT2D eigenvalue weighted by atomic mass is 9.96. The zero-order chi connectivity index (χ0) is 25.2. The summed E-state index contributed by atoms with van der Waals surface area (Å²) in [5, 5.41) is 14.5. The molecule has 8 nitrogen and oxygen atoms in total. The average Bonchev–Trinajstić information content (AvgIpc) is 3.55. The second-order valence-corrected chi connectivity index (χ2v) is 9.83. The van der Waals surface area contributed by atoms with Gasteiger partial charge in [-0.2, -0.15) is 13.2 Å². The van der Waals surface area contributed by atoms with Gasteiger partial charge in [0.25, 0.3) is 0 Å².